The first-order chi connectivity index (χ1) is 12.3. The molecule has 3 aromatic rings. The zero-order valence-electron chi connectivity index (χ0n) is 14.6. The monoisotopic (exact) mass is 368 g/mol. The van der Waals surface area contributed by atoms with Gasteiger partial charge in [-0.2, -0.15) is 0 Å². The summed E-state index contributed by atoms with van der Waals surface area (Å²) >= 11 is 0. The SMILES string of the molecule is CC(NC(=O)Nc1cccc2ccccc12)c1ccc(S(C)(=O)=O)cc1. The number of hydrogen-bond donors (Lipinski definition) is 2. The molecule has 0 aliphatic carbocycles. The van der Waals surface area contributed by atoms with E-state index in [1.54, 1.807) is 24.3 Å². The van der Waals surface area contributed by atoms with Gasteiger partial charge in [0.2, 0.25) is 0 Å². The molecule has 2 amide bonds. The van der Waals surface area contributed by atoms with E-state index in [0.29, 0.717) is 0 Å². The summed E-state index contributed by atoms with van der Waals surface area (Å²) in [6, 6.07) is 19.5. The molecule has 5 nitrogen and oxygen atoms in total. The number of amides is 2. The van der Waals surface area contributed by atoms with Gasteiger partial charge in [0.25, 0.3) is 0 Å². The van der Waals surface area contributed by atoms with Crippen molar-refractivity contribution in [1.29, 1.82) is 0 Å². The first-order valence-electron chi connectivity index (χ1n) is 8.20. The van der Waals surface area contributed by atoms with Gasteiger partial charge in [0.1, 0.15) is 0 Å². The maximum Gasteiger partial charge on any atom is 0.319 e. The maximum atomic E-state index is 12.3. The van der Waals surface area contributed by atoms with Crippen LogP contribution in [-0.4, -0.2) is 20.7 Å². The van der Waals surface area contributed by atoms with Crippen LogP contribution < -0.4 is 10.6 Å². The first-order valence-corrected chi connectivity index (χ1v) is 10.1. The fraction of sp³-hybridized carbons (Fsp3) is 0.150. The van der Waals surface area contributed by atoms with Crippen molar-refractivity contribution in [2.45, 2.75) is 17.9 Å². The Morgan fingerprint density at radius 3 is 2.27 bits per heavy atom. The number of carbonyl (C=O) groups excluding carboxylic acids is 1. The van der Waals surface area contributed by atoms with Crippen molar-refractivity contribution in [3.8, 4) is 0 Å². The normalized spacial score (nSPS) is 12.5. The van der Waals surface area contributed by atoms with Crippen molar-refractivity contribution < 1.29 is 13.2 Å². The molecule has 1 unspecified atom stereocenters. The second kappa shape index (κ2) is 7.17. The lowest BCUT2D eigenvalue weighted by Crippen LogP contribution is -2.31. The van der Waals surface area contributed by atoms with Crippen LogP contribution in [0.3, 0.4) is 0 Å². The second-order valence-electron chi connectivity index (χ2n) is 6.19. The van der Waals surface area contributed by atoms with Crippen LogP contribution in [0.15, 0.2) is 71.6 Å². The third kappa shape index (κ3) is 4.03. The number of benzene rings is 3. The van der Waals surface area contributed by atoms with Crippen molar-refractivity contribution in [3.63, 3.8) is 0 Å². The summed E-state index contributed by atoms with van der Waals surface area (Å²) in [6.07, 6.45) is 1.17. The minimum atomic E-state index is -3.23. The molecule has 6 heteroatoms. The number of nitrogens with one attached hydrogen (secondary N) is 2. The van der Waals surface area contributed by atoms with Gasteiger partial charge >= 0.3 is 6.03 Å². The lowest BCUT2D eigenvalue weighted by Gasteiger charge is -2.16. The Morgan fingerprint density at radius 1 is 0.923 bits per heavy atom. The highest BCUT2D eigenvalue weighted by Crippen LogP contribution is 2.23. The molecule has 3 aromatic carbocycles. The molecule has 0 aromatic heterocycles. The van der Waals surface area contributed by atoms with Crippen molar-refractivity contribution in [2.75, 3.05) is 11.6 Å². The van der Waals surface area contributed by atoms with Crippen molar-refractivity contribution in [2.24, 2.45) is 0 Å². The molecule has 0 fully saturated rings. The average Bonchev–Trinajstić information content (AvgIpc) is 2.61. The Balaban J connectivity index is 1.71. The van der Waals surface area contributed by atoms with Crippen LogP contribution in [0.25, 0.3) is 10.8 Å². The number of carbonyl (C=O) groups is 1. The molecule has 26 heavy (non-hydrogen) atoms. The summed E-state index contributed by atoms with van der Waals surface area (Å²) in [5, 5.41) is 7.76. The highest BCUT2D eigenvalue weighted by Gasteiger charge is 2.12. The summed E-state index contributed by atoms with van der Waals surface area (Å²) in [6.45, 7) is 1.85. The molecule has 2 N–H and O–H groups in total. The molecule has 0 spiro atoms. The summed E-state index contributed by atoms with van der Waals surface area (Å²) in [5.74, 6) is 0. The number of sulfone groups is 1. The summed E-state index contributed by atoms with van der Waals surface area (Å²) in [4.78, 5) is 12.6. The minimum Gasteiger partial charge on any atom is -0.331 e. The van der Waals surface area contributed by atoms with E-state index >= 15 is 0 Å². The summed E-state index contributed by atoms with van der Waals surface area (Å²) < 4.78 is 23.0. The van der Waals surface area contributed by atoms with Gasteiger partial charge in [-0.05, 0) is 36.1 Å². The van der Waals surface area contributed by atoms with Gasteiger partial charge in [0, 0.05) is 11.6 Å². The van der Waals surface area contributed by atoms with Crippen LogP contribution in [-0.2, 0) is 9.84 Å². The lowest BCUT2D eigenvalue weighted by atomic mass is 10.1. The Labute approximate surface area is 153 Å². The van der Waals surface area contributed by atoms with Gasteiger partial charge in [0.05, 0.1) is 16.6 Å². The van der Waals surface area contributed by atoms with Crippen LogP contribution in [0.1, 0.15) is 18.5 Å². The third-order valence-corrected chi connectivity index (χ3v) is 5.32. The lowest BCUT2D eigenvalue weighted by molar-refractivity contribution is 0.249. The van der Waals surface area contributed by atoms with E-state index in [4.69, 9.17) is 0 Å². The first kappa shape index (κ1) is 17.9. The van der Waals surface area contributed by atoms with Gasteiger partial charge in [-0.1, -0.05) is 48.5 Å². The van der Waals surface area contributed by atoms with Gasteiger partial charge in [-0.3, -0.25) is 0 Å². The standard InChI is InChI=1S/C20H20N2O3S/c1-14(15-10-12-17(13-11-15)26(2,24)25)21-20(23)22-19-9-5-7-16-6-3-4-8-18(16)19/h3-14H,1-2H3,(H2,21,22,23). The Bertz CT molecular complexity index is 1040. The van der Waals surface area contributed by atoms with Gasteiger partial charge in [0.15, 0.2) is 9.84 Å². The van der Waals surface area contributed by atoms with E-state index in [1.165, 1.54) is 6.26 Å². The van der Waals surface area contributed by atoms with Gasteiger partial charge in [-0.25, -0.2) is 13.2 Å². The molecule has 1 atom stereocenters. The van der Waals surface area contributed by atoms with E-state index in [9.17, 15) is 13.2 Å². The van der Waals surface area contributed by atoms with Crippen molar-refractivity contribution in [1.82, 2.24) is 5.32 Å². The maximum absolute atomic E-state index is 12.3. The van der Waals surface area contributed by atoms with Gasteiger partial charge in [-0.15, -0.1) is 0 Å². The predicted octanol–water partition coefficient (Wildman–Crippen LogP) is 4.13. The van der Waals surface area contributed by atoms with E-state index in [-0.39, 0.29) is 17.0 Å². The van der Waals surface area contributed by atoms with Crippen molar-refractivity contribution in [3.05, 3.63) is 72.3 Å². The van der Waals surface area contributed by atoms with E-state index in [2.05, 4.69) is 10.6 Å². The van der Waals surface area contributed by atoms with Crippen LogP contribution in [0.2, 0.25) is 0 Å². The Morgan fingerprint density at radius 2 is 1.58 bits per heavy atom. The quantitative estimate of drug-likeness (QED) is 0.727. The molecule has 3 rings (SSSR count). The molecule has 0 bridgehead atoms. The molecule has 0 aliphatic heterocycles. The fourth-order valence-electron chi connectivity index (χ4n) is 2.78. The smallest absolute Gasteiger partial charge is 0.319 e. The zero-order valence-corrected chi connectivity index (χ0v) is 15.4. The van der Waals surface area contributed by atoms with Crippen LogP contribution in [0.5, 0.6) is 0 Å². The number of hydrogen-bond acceptors (Lipinski definition) is 3. The molecule has 0 aliphatic rings. The van der Waals surface area contributed by atoms with E-state index < -0.39 is 9.84 Å². The molecule has 0 heterocycles. The number of rotatable bonds is 4. The summed E-state index contributed by atoms with van der Waals surface area (Å²) in [5.41, 5.74) is 1.56. The molecule has 0 radical (unpaired) electrons. The number of fused-ring (bicyclic) bond motifs is 1. The zero-order chi connectivity index (χ0) is 18.7. The molecule has 0 saturated heterocycles. The largest absolute Gasteiger partial charge is 0.331 e. The molecule has 134 valence electrons. The second-order valence-corrected chi connectivity index (χ2v) is 8.20. The molecule has 0 saturated carbocycles. The molecular formula is C20H20N2O3S. The Hall–Kier alpha value is -2.86. The van der Waals surface area contributed by atoms with Crippen LogP contribution >= 0.6 is 0 Å². The third-order valence-electron chi connectivity index (χ3n) is 4.19. The average molecular weight is 368 g/mol. The highest BCUT2D eigenvalue weighted by molar-refractivity contribution is 7.90. The predicted molar refractivity (Wildman–Crippen MR) is 104 cm³/mol. The van der Waals surface area contributed by atoms with Crippen molar-refractivity contribution >= 4 is 32.3 Å². The Kier molecular flexibility index (Phi) is 4.95. The number of urea groups is 1. The topological polar surface area (TPSA) is 75.3 Å². The molecular weight excluding hydrogens is 348 g/mol. The fourth-order valence-corrected chi connectivity index (χ4v) is 3.41. The number of anilines is 1. The summed E-state index contributed by atoms with van der Waals surface area (Å²) in [7, 11) is -3.23. The van der Waals surface area contributed by atoms with E-state index in [0.717, 1.165) is 22.0 Å². The van der Waals surface area contributed by atoms with Gasteiger partial charge < -0.3 is 10.6 Å². The van der Waals surface area contributed by atoms with Crippen LogP contribution in [0.4, 0.5) is 10.5 Å². The van der Waals surface area contributed by atoms with Crippen LogP contribution in [0, 0.1) is 0 Å². The highest BCUT2D eigenvalue weighted by atomic mass is 32.2. The van der Waals surface area contributed by atoms with E-state index in [1.807, 2.05) is 49.4 Å². The minimum absolute atomic E-state index is 0.258.